The molecule has 0 rings (SSSR count). The van der Waals surface area contributed by atoms with E-state index in [1.165, 1.54) is 6.92 Å². The summed E-state index contributed by atoms with van der Waals surface area (Å²) in [6.07, 6.45) is 0.764. The van der Waals surface area contributed by atoms with Crippen molar-refractivity contribution in [2.45, 2.75) is 13.3 Å². The number of hydrogen-bond acceptors (Lipinski definition) is 3. The summed E-state index contributed by atoms with van der Waals surface area (Å²) in [5.74, 6) is -1.11. The van der Waals surface area contributed by atoms with Gasteiger partial charge < -0.3 is 32.1 Å². The quantitative estimate of drug-likeness (QED) is 0.293. The van der Waals surface area contributed by atoms with E-state index in [2.05, 4.69) is 5.32 Å². The topological polar surface area (TPSA) is 69.2 Å². The minimum Gasteiger partial charge on any atom is -1.00 e. The Morgan fingerprint density at radius 3 is 2.19 bits per heavy atom. The second-order valence-corrected chi connectivity index (χ2v) is 4.03. The van der Waals surface area contributed by atoms with E-state index in [9.17, 15) is 14.7 Å². The van der Waals surface area contributed by atoms with Crippen LogP contribution in [0.3, 0.4) is 0 Å². The summed E-state index contributed by atoms with van der Waals surface area (Å²) >= 11 is 0. The molecule has 0 heterocycles. The molecule has 1 amide bonds. The van der Waals surface area contributed by atoms with E-state index in [1.54, 1.807) is 0 Å². The van der Waals surface area contributed by atoms with Crippen molar-refractivity contribution in [1.29, 1.82) is 0 Å². The molecule has 0 bridgehead atoms. The van der Waals surface area contributed by atoms with Gasteiger partial charge in [0.2, 0.25) is 5.91 Å². The van der Waals surface area contributed by atoms with Crippen LogP contribution in [0.2, 0.25) is 0 Å². The fraction of sp³-hybridized carbons (Fsp3) is 0.778. The first kappa shape index (κ1) is 21.5. The van der Waals surface area contributed by atoms with Crippen molar-refractivity contribution < 1.29 is 61.1 Å². The number of nitrogens with one attached hydrogen (secondary N) is 1. The van der Waals surface area contributed by atoms with Crippen LogP contribution in [0, 0.1) is 0 Å². The van der Waals surface area contributed by atoms with Gasteiger partial charge in [0.05, 0.1) is 26.6 Å². The van der Waals surface area contributed by atoms with Gasteiger partial charge in [-0.15, -0.1) is 0 Å². The van der Waals surface area contributed by atoms with Gasteiger partial charge in [-0.25, -0.2) is 0 Å². The van der Waals surface area contributed by atoms with Crippen molar-refractivity contribution >= 4 is 11.9 Å². The summed E-state index contributed by atoms with van der Waals surface area (Å²) in [6.45, 7) is 2.75. The van der Waals surface area contributed by atoms with Crippen molar-refractivity contribution in [3.05, 3.63) is 0 Å². The first-order valence-corrected chi connectivity index (χ1v) is 4.60. The van der Waals surface area contributed by atoms with Crippen molar-refractivity contribution in [2.75, 3.05) is 33.7 Å². The molecule has 16 heavy (non-hydrogen) atoms. The Hall–Kier alpha value is 0.190. The van der Waals surface area contributed by atoms with Crippen LogP contribution in [0.1, 0.15) is 13.3 Å². The SMILES string of the molecule is CC(=O)NCCC[N+](C)(C)CC(=O)[O-].[Cl-].[Na+]. The minimum atomic E-state index is -1.05. The third kappa shape index (κ3) is 14.2. The average molecular weight is 261 g/mol. The Morgan fingerprint density at radius 2 is 1.81 bits per heavy atom. The number of halogens is 1. The van der Waals surface area contributed by atoms with Crippen LogP contribution >= 0.6 is 0 Å². The molecule has 0 aromatic rings. The number of carboxylic acid groups (broad SMARTS) is 1. The fourth-order valence-electron chi connectivity index (χ4n) is 1.20. The standard InChI is InChI=1S/C9H18N2O3.ClH.Na/c1-8(12)10-5-4-6-11(2,3)7-9(13)14;;/h4-7H2,1-3H3,(H-,10,12,13,14);1H;/q;;+1/p-1. The maximum Gasteiger partial charge on any atom is 1.00 e. The molecule has 0 aliphatic carbocycles. The molecule has 0 aromatic heterocycles. The van der Waals surface area contributed by atoms with Gasteiger partial charge in [0.15, 0.2) is 0 Å². The number of nitrogens with zero attached hydrogens (tertiary/aromatic N) is 1. The number of aliphatic carboxylic acids is 1. The number of carbonyl (C=O) groups is 2. The third-order valence-corrected chi connectivity index (χ3v) is 1.87. The maximum atomic E-state index is 10.5. The minimum absolute atomic E-state index is 0. The molecule has 0 atom stereocenters. The number of quaternary nitrogens is 1. The van der Waals surface area contributed by atoms with Crippen molar-refractivity contribution in [2.24, 2.45) is 0 Å². The van der Waals surface area contributed by atoms with Gasteiger partial charge in [-0.2, -0.15) is 0 Å². The summed E-state index contributed by atoms with van der Waals surface area (Å²) in [5, 5.41) is 13.0. The molecule has 0 aliphatic rings. The number of rotatable bonds is 6. The first-order chi connectivity index (χ1) is 6.33. The zero-order valence-corrected chi connectivity index (χ0v) is 13.1. The Morgan fingerprint density at radius 1 is 1.31 bits per heavy atom. The Balaban J connectivity index is -0.000000845. The van der Waals surface area contributed by atoms with E-state index in [0.717, 1.165) is 6.42 Å². The molecular weight excluding hydrogens is 243 g/mol. The Bertz CT molecular complexity index is 225. The van der Waals surface area contributed by atoms with Crippen LogP contribution in [0.15, 0.2) is 0 Å². The van der Waals surface area contributed by atoms with Crippen LogP contribution in [0.5, 0.6) is 0 Å². The smallest absolute Gasteiger partial charge is 1.00 e. The second-order valence-electron chi connectivity index (χ2n) is 4.03. The van der Waals surface area contributed by atoms with Crippen LogP contribution < -0.4 is 52.4 Å². The van der Waals surface area contributed by atoms with Crippen molar-refractivity contribution in [1.82, 2.24) is 5.32 Å². The maximum absolute atomic E-state index is 10.5. The van der Waals surface area contributed by atoms with Gasteiger partial charge in [0, 0.05) is 19.9 Å². The molecule has 0 radical (unpaired) electrons. The van der Waals surface area contributed by atoms with Crippen molar-refractivity contribution in [3.63, 3.8) is 0 Å². The molecule has 90 valence electrons. The zero-order valence-electron chi connectivity index (χ0n) is 10.4. The fourth-order valence-corrected chi connectivity index (χ4v) is 1.20. The summed E-state index contributed by atoms with van der Waals surface area (Å²) < 4.78 is 0.377. The Labute approximate surface area is 125 Å². The first-order valence-electron chi connectivity index (χ1n) is 4.60. The number of carbonyl (C=O) groups excluding carboxylic acids is 2. The summed E-state index contributed by atoms with van der Waals surface area (Å²) in [7, 11) is 3.65. The molecule has 0 saturated heterocycles. The molecule has 0 aliphatic heterocycles. The van der Waals surface area contributed by atoms with Gasteiger partial charge in [-0.05, 0) is 0 Å². The van der Waals surface area contributed by atoms with E-state index < -0.39 is 5.97 Å². The van der Waals surface area contributed by atoms with E-state index in [4.69, 9.17) is 0 Å². The van der Waals surface area contributed by atoms with Gasteiger partial charge in [-0.1, -0.05) is 0 Å². The van der Waals surface area contributed by atoms with E-state index >= 15 is 0 Å². The number of likely N-dealkylation sites (N-methyl/N-ethyl adjacent to an activating group) is 1. The summed E-state index contributed by atoms with van der Waals surface area (Å²) in [4.78, 5) is 20.9. The average Bonchev–Trinajstić information content (AvgIpc) is 1.95. The summed E-state index contributed by atoms with van der Waals surface area (Å²) in [6, 6.07) is 0. The normalized spacial score (nSPS) is 9.69. The van der Waals surface area contributed by atoms with E-state index in [-0.39, 0.29) is 54.4 Å². The van der Waals surface area contributed by atoms with Crippen LogP contribution in [0.4, 0.5) is 0 Å². The molecule has 1 N–H and O–H groups in total. The van der Waals surface area contributed by atoms with Gasteiger partial charge >= 0.3 is 29.6 Å². The largest absolute Gasteiger partial charge is 1.00 e. The van der Waals surface area contributed by atoms with Gasteiger partial charge in [-0.3, -0.25) is 4.79 Å². The van der Waals surface area contributed by atoms with E-state index in [1.807, 2.05) is 14.1 Å². The molecule has 0 unspecified atom stereocenters. The van der Waals surface area contributed by atoms with Crippen LogP contribution in [-0.2, 0) is 9.59 Å². The molecule has 0 spiro atoms. The molecule has 7 heteroatoms. The zero-order chi connectivity index (χ0) is 11.2. The number of carboxylic acids is 1. The number of amides is 1. The van der Waals surface area contributed by atoms with Crippen LogP contribution in [0.25, 0.3) is 0 Å². The predicted octanol–water partition coefficient (Wildman–Crippen LogP) is -7.65. The van der Waals surface area contributed by atoms with Gasteiger partial charge in [0.25, 0.3) is 0 Å². The third-order valence-electron chi connectivity index (χ3n) is 1.87. The summed E-state index contributed by atoms with van der Waals surface area (Å²) in [5.41, 5.74) is 0. The molecule has 0 fully saturated rings. The van der Waals surface area contributed by atoms with Crippen LogP contribution in [-0.4, -0.2) is 50.1 Å². The molecule has 5 nitrogen and oxygen atoms in total. The predicted molar refractivity (Wildman–Crippen MR) is 50.2 cm³/mol. The molecule has 0 aromatic carbocycles. The Kier molecular flexibility index (Phi) is 13.9. The van der Waals surface area contributed by atoms with E-state index in [0.29, 0.717) is 17.6 Å². The number of hydrogen-bond donors (Lipinski definition) is 1. The van der Waals surface area contributed by atoms with Crippen molar-refractivity contribution in [3.8, 4) is 0 Å². The monoisotopic (exact) mass is 260 g/mol. The molecule has 0 saturated carbocycles. The molecular formula is C9H18ClN2NaO3. The van der Waals surface area contributed by atoms with Gasteiger partial charge in [0.1, 0.15) is 6.54 Å². The second kappa shape index (κ2) is 10.4.